The molecular formula is C9H5ClFN2. The molecule has 0 spiro atoms. The molecule has 1 heterocycles. The third-order valence-corrected chi connectivity index (χ3v) is 1.85. The van der Waals surface area contributed by atoms with E-state index in [2.05, 4.69) is 11.3 Å². The number of aromatic nitrogens is 2. The van der Waals surface area contributed by atoms with Gasteiger partial charge in [-0.1, -0.05) is 11.6 Å². The van der Waals surface area contributed by atoms with Crippen LogP contribution < -0.4 is 0 Å². The lowest BCUT2D eigenvalue weighted by Gasteiger charge is -2.02. The molecule has 0 aliphatic rings. The molecule has 0 amide bonds. The fourth-order valence-electron chi connectivity index (χ4n) is 1.03. The van der Waals surface area contributed by atoms with Gasteiger partial charge in [0.15, 0.2) is 0 Å². The van der Waals surface area contributed by atoms with E-state index in [1.807, 2.05) is 0 Å². The van der Waals surface area contributed by atoms with Crippen LogP contribution in [0.2, 0.25) is 5.02 Å². The minimum absolute atomic E-state index is 0.366. The molecule has 0 aliphatic carbocycles. The smallest absolute Gasteiger partial charge is 0.150 e. The first-order valence-corrected chi connectivity index (χ1v) is 4.02. The Hall–Kier alpha value is -1.35. The fourth-order valence-corrected chi connectivity index (χ4v) is 1.19. The molecule has 0 aliphatic heterocycles. The molecule has 13 heavy (non-hydrogen) atoms. The molecule has 0 bridgehead atoms. The van der Waals surface area contributed by atoms with Crippen molar-refractivity contribution in [2.45, 2.75) is 0 Å². The number of hydrogen-bond acceptors (Lipinski definition) is 1. The molecule has 0 unspecified atom stereocenters. The Kier molecular flexibility index (Phi) is 2.02. The van der Waals surface area contributed by atoms with Crippen molar-refractivity contribution in [1.82, 2.24) is 9.78 Å². The molecule has 1 aromatic heterocycles. The van der Waals surface area contributed by atoms with Gasteiger partial charge in [0.05, 0.1) is 0 Å². The summed E-state index contributed by atoms with van der Waals surface area (Å²) >= 11 is 5.60. The molecule has 0 fully saturated rings. The van der Waals surface area contributed by atoms with Gasteiger partial charge in [-0.2, -0.15) is 5.10 Å². The Bertz CT molecular complexity index is 412. The van der Waals surface area contributed by atoms with E-state index in [-0.39, 0.29) is 0 Å². The topological polar surface area (TPSA) is 17.8 Å². The monoisotopic (exact) mass is 195 g/mol. The summed E-state index contributed by atoms with van der Waals surface area (Å²) < 4.78 is 14.6. The Morgan fingerprint density at radius 3 is 2.92 bits per heavy atom. The molecule has 0 saturated heterocycles. The SMILES string of the molecule is Fc1cc(Cl)ccc1-n1cc[c]n1. The summed E-state index contributed by atoms with van der Waals surface area (Å²) in [7, 11) is 0. The van der Waals surface area contributed by atoms with Crippen LogP contribution in [0.4, 0.5) is 4.39 Å². The lowest BCUT2D eigenvalue weighted by atomic mass is 10.3. The third-order valence-electron chi connectivity index (χ3n) is 1.61. The van der Waals surface area contributed by atoms with Crippen LogP contribution >= 0.6 is 11.6 Å². The average molecular weight is 196 g/mol. The number of benzene rings is 1. The minimum Gasteiger partial charge on any atom is -0.237 e. The maximum absolute atomic E-state index is 13.3. The van der Waals surface area contributed by atoms with Gasteiger partial charge in [0.1, 0.15) is 17.7 Å². The van der Waals surface area contributed by atoms with E-state index >= 15 is 0 Å². The second-order valence-electron chi connectivity index (χ2n) is 2.49. The van der Waals surface area contributed by atoms with Gasteiger partial charge in [-0.25, -0.2) is 9.07 Å². The third kappa shape index (κ3) is 1.55. The summed E-state index contributed by atoms with van der Waals surface area (Å²) in [5, 5.41) is 4.16. The zero-order chi connectivity index (χ0) is 9.26. The van der Waals surface area contributed by atoms with Crippen LogP contribution in [-0.4, -0.2) is 9.78 Å². The second kappa shape index (κ2) is 3.18. The molecular weight excluding hydrogens is 191 g/mol. The second-order valence-corrected chi connectivity index (χ2v) is 2.92. The zero-order valence-electron chi connectivity index (χ0n) is 6.54. The van der Waals surface area contributed by atoms with E-state index in [1.54, 1.807) is 24.4 Å². The summed E-state index contributed by atoms with van der Waals surface area (Å²) in [6.45, 7) is 0. The highest BCUT2D eigenvalue weighted by atomic mass is 35.5. The first-order valence-electron chi connectivity index (χ1n) is 3.64. The fraction of sp³-hybridized carbons (Fsp3) is 0. The van der Waals surface area contributed by atoms with Crippen molar-refractivity contribution in [2.75, 3.05) is 0 Å². The maximum atomic E-state index is 13.3. The highest BCUT2D eigenvalue weighted by Gasteiger charge is 2.04. The van der Waals surface area contributed by atoms with Crippen LogP contribution in [0.3, 0.4) is 0 Å². The van der Waals surface area contributed by atoms with Gasteiger partial charge in [0, 0.05) is 11.2 Å². The van der Waals surface area contributed by atoms with Crippen LogP contribution in [0.1, 0.15) is 0 Å². The van der Waals surface area contributed by atoms with Gasteiger partial charge in [-0.15, -0.1) is 0 Å². The van der Waals surface area contributed by atoms with Crippen molar-refractivity contribution in [2.24, 2.45) is 0 Å². The molecule has 0 atom stereocenters. The first-order chi connectivity index (χ1) is 6.27. The van der Waals surface area contributed by atoms with Gasteiger partial charge >= 0.3 is 0 Å². The van der Waals surface area contributed by atoms with E-state index < -0.39 is 5.82 Å². The largest absolute Gasteiger partial charge is 0.237 e. The highest BCUT2D eigenvalue weighted by Crippen LogP contribution is 2.16. The Balaban J connectivity index is 2.53. The van der Waals surface area contributed by atoms with Gasteiger partial charge in [-0.05, 0) is 24.3 Å². The summed E-state index contributed by atoms with van der Waals surface area (Å²) in [6, 6.07) is 6.03. The van der Waals surface area contributed by atoms with Crippen molar-refractivity contribution >= 4 is 11.6 Å². The average Bonchev–Trinajstić information content (AvgIpc) is 2.56. The van der Waals surface area contributed by atoms with Gasteiger partial charge < -0.3 is 0 Å². The maximum Gasteiger partial charge on any atom is 0.150 e. The molecule has 2 rings (SSSR count). The normalized spacial score (nSPS) is 10.3. The van der Waals surface area contributed by atoms with E-state index in [0.717, 1.165) is 0 Å². The Labute approximate surface area is 79.6 Å². The predicted molar refractivity (Wildman–Crippen MR) is 47.4 cm³/mol. The molecule has 2 aromatic rings. The number of rotatable bonds is 1. The molecule has 0 saturated carbocycles. The van der Waals surface area contributed by atoms with E-state index in [9.17, 15) is 4.39 Å². The zero-order valence-corrected chi connectivity index (χ0v) is 7.29. The van der Waals surface area contributed by atoms with Crippen molar-refractivity contribution in [3.8, 4) is 5.69 Å². The van der Waals surface area contributed by atoms with Gasteiger partial charge in [0.25, 0.3) is 0 Å². The van der Waals surface area contributed by atoms with Crippen molar-refractivity contribution in [3.63, 3.8) is 0 Å². The first kappa shape index (κ1) is 8.26. The summed E-state index contributed by atoms with van der Waals surface area (Å²) in [6.07, 6.45) is 4.20. The van der Waals surface area contributed by atoms with Crippen LogP contribution in [0, 0.1) is 12.0 Å². The van der Waals surface area contributed by atoms with Crippen LogP contribution in [0.25, 0.3) is 5.69 Å². The lowest BCUT2D eigenvalue weighted by molar-refractivity contribution is 0.611. The van der Waals surface area contributed by atoms with E-state index in [4.69, 9.17) is 11.6 Å². The highest BCUT2D eigenvalue weighted by molar-refractivity contribution is 6.30. The Morgan fingerprint density at radius 1 is 1.46 bits per heavy atom. The molecule has 4 heteroatoms. The number of nitrogens with zero attached hydrogens (tertiary/aromatic N) is 2. The summed E-state index contributed by atoms with van der Waals surface area (Å²) in [5.74, 6) is -0.399. The molecule has 2 nitrogen and oxygen atoms in total. The van der Waals surface area contributed by atoms with E-state index in [0.29, 0.717) is 10.7 Å². The molecule has 0 N–H and O–H groups in total. The van der Waals surface area contributed by atoms with Crippen LogP contribution in [0.15, 0.2) is 30.5 Å². The number of halogens is 2. The van der Waals surface area contributed by atoms with Crippen LogP contribution in [0.5, 0.6) is 0 Å². The molecule has 1 radical (unpaired) electrons. The summed E-state index contributed by atoms with van der Waals surface area (Å²) in [4.78, 5) is 0. The van der Waals surface area contributed by atoms with Crippen molar-refractivity contribution in [3.05, 3.63) is 47.5 Å². The Morgan fingerprint density at radius 2 is 2.31 bits per heavy atom. The van der Waals surface area contributed by atoms with Gasteiger partial charge in [0.2, 0.25) is 0 Å². The predicted octanol–water partition coefficient (Wildman–Crippen LogP) is 2.46. The molecule has 65 valence electrons. The molecule has 1 aromatic carbocycles. The van der Waals surface area contributed by atoms with Crippen LogP contribution in [-0.2, 0) is 0 Å². The van der Waals surface area contributed by atoms with E-state index in [1.165, 1.54) is 10.7 Å². The number of hydrogen-bond donors (Lipinski definition) is 0. The van der Waals surface area contributed by atoms with Crippen molar-refractivity contribution in [1.29, 1.82) is 0 Å². The van der Waals surface area contributed by atoms with Crippen molar-refractivity contribution < 1.29 is 4.39 Å². The standard InChI is InChI=1S/C9H5ClFN2/c10-7-2-3-9(8(11)6-7)13-5-1-4-12-13/h1-3,5-6H. The lowest BCUT2D eigenvalue weighted by Crippen LogP contribution is -1.97. The summed E-state index contributed by atoms with van der Waals surface area (Å²) in [5.41, 5.74) is 0.366. The quantitative estimate of drug-likeness (QED) is 0.684. The minimum atomic E-state index is -0.399. The van der Waals surface area contributed by atoms with Gasteiger partial charge in [-0.3, -0.25) is 0 Å².